The molecule has 3 aromatic rings. The lowest BCUT2D eigenvalue weighted by atomic mass is 10.1. The van der Waals surface area contributed by atoms with Crippen LogP contribution >= 0.6 is 0 Å². The van der Waals surface area contributed by atoms with E-state index in [0.717, 1.165) is 25.4 Å². The zero-order chi connectivity index (χ0) is 18.0. The number of rotatable bonds is 9. The van der Waals surface area contributed by atoms with E-state index in [-0.39, 0.29) is 6.04 Å². The first-order valence-corrected chi connectivity index (χ1v) is 9.01. The Morgan fingerprint density at radius 2 is 1.42 bits per heavy atom. The van der Waals surface area contributed by atoms with Crippen LogP contribution in [-0.2, 0) is 13.1 Å². The molecule has 1 atom stereocenters. The Balaban J connectivity index is 1.62. The molecular formula is C23H26N2O. The van der Waals surface area contributed by atoms with Crippen LogP contribution in [0.5, 0.6) is 5.75 Å². The van der Waals surface area contributed by atoms with Gasteiger partial charge in [-0.05, 0) is 17.2 Å². The van der Waals surface area contributed by atoms with Crippen molar-refractivity contribution in [3.63, 3.8) is 0 Å². The van der Waals surface area contributed by atoms with E-state index < -0.39 is 0 Å². The molecule has 0 amide bonds. The molecule has 0 heterocycles. The first-order chi connectivity index (χ1) is 12.9. The predicted molar refractivity (Wildman–Crippen MR) is 107 cm³/mol. The minimum atomic E-state index is 0.242. The fraction of sp³-hybridized carbons (Fsp3) is 0.217. The SMILES string of the molecule is COc1ccccc1CNCC(NCc1ccccc1)c1ccccc1. The molecule has 0 saturated heterocycles. The van der Waals surface area contributed by atoms with Gasteiger partial charge in [0.1, 0.15) is 5.75 Å². The summed E-state index contributed by atoms with van der Waals surface area (Å²) in [6, 6.07) is 29.5. The number of nitrogens with one attached hydrogen (secondary N) is 2. The van der Waals surface area contributed by atoms with Crippen LogP contribution in [0.4, 0.5) is 0 Å². The summed E-state index contributed by atoms with van der Waals surface area (Å²) in [4.78, 5) is 0. The van der Waals surface area contributed by atoms with Gasteiger partial charge in [-0.15, -0.1) is 0 Å². The van der Waals surface area contributed by atoms with Gasteiger partial charge in [-0.1, -0.05) is 78.9 Å². The van der Waals surface area contributed by atoms with Gasteiger partial charge in [-0.25, -0.2) is 0 Å². The second-order valence-corrected chi connectivity index (χ2v) is 6.27. The van der Waals surface area contributed by atoms with Crippen LogP contribution in [0.15, 0.2) is 84.9 Å². The highest BCUT2D eigenvalue weighted by Gasteiger charge is 2.11. The van der Waals surface area contributed by atoms with Crippen LogP contribution in [0.25, 0.3) is 0 Å². The molecule has 0 aliphatic rings. The third-order valence-electron chi connectivity index (χ3n) is 4.45. The Labute approximate surface area is 156 Å². The van der Waals surface area contributed by atoms with Gasteiger partial charge in [0.15, 0.2) is 0 Å². The molecule has 0 aliphatic carbocycles. The van der Waals surface area contributed by atoms with Crippen LogP contribution in [0.2, 0.25) is 0 Å². The Bertz CT molecular complexity index is 774. The molecule has 0 radical (unpaired) electrons. The molecule has 0 saturated carbocycles. The maximum absolute atomic E-state index is 5.44. The molecule has 26 heavy (non-hydrogen) atoms. The molecule has 3 aromatic carbocycles. The number of para-hydroxylation sites is 1. The van der Waals surface area contributed by atoms with Crippen LogP contribution in [-0.4, -0.2) is 13.7 Å². The molecule has 1 unspecified atom stereocenters. The van der Waals surface area contributed by atoms with Crippen molar-refractivity contribution in [2.24, 2.45) is 0 Å². The van der Waals surface area contributed by atoms with Crippen molar-refractivity contribution in [2.45, 2.75) is 19.1 Å². The molecule has 0 aromatic heterocycles. The lowest BCUT2D eigenvalue weighted by molar-refractivity contribution is 0.406. The Morgan fingerprint density at radius 3 is 2.15 bits per heavy atom. The van der Waals surface area contributed by atoms with Gasteiger partial charge in [0, 0.05) is 31.2 Å². The first-order valence-electron chi connectivity index (χ1n) is 9.01. The number of benzene rings is 3. The highest BCUT2D eigenvalue weighted by atomic mass is 16.5. The molecule has 3 heteroatoms. The molecular weight excluding hydrogens is 320 g/mol. The average Bonchev–Trinajstić information content (AvgIpc) is 2.72. The van der Waals surface area contributed by atoms with E-state index in [0.29, 0.717) is 0 Å². The van der Waals surface area contributed by atoms with Crippen molar-refractivity contribution in [1.82, 2.24) is 10.6 Å². The minimum absolute atomic E-state index is 0.242. The summed E-state index contributed by atoms with van der Waals surface area (Å²) in [5.41, 5.74) is 3.75. The maximum atomic E-state index is 5.44. The number of hydrogen-bond acceptors (Lipinski definition) is 3. The van der Waals surface area contributed by atoms with E-state index in [1.54, 1.807) is 7.11 Å². The molecule has 3 nitrogen and oxygen atoms in total. The molecule has 0 bridgehead atoms. The van der Waals surface area contributed by atoms with Gasteiger partial charge in [0.25, 0.3) is 0 Å². The molecule has 0 aliphatic heterocycles. The second-order valence-electron chi connectivity index (χ2n) is 6.27. The van der Waals surface area contributed by atoms with Gasteiger partial charge >= 0.3 is 0 Å². The van der Waals surface area contributed by atoms with E-state index in [2.05, 4.69) is 71.3 Å². The lowest BCUT2D eigenvalue weighted by Gasteiger charge is -2.20. The highest BCUT2D eigenvalue weighted by Crippen LogP contribution is 2.18. The van der Waals surface area contributed by atoms with Gasteiger partial charge in [-0.2, -0.15) is 0 Å². The maximum Gasteiger partial charge on any atom is 0.123 e. The standard InChI is InChI=1S/C23H26N2O/c1-26-23-15-9-8-14-21(23)17-24-18-22(20-12-6-3-7-13-20)25-16-19-10-4-2-5-11-19/h2-15,22,24-25H,16-18H2,1H3. The van der Waals surface area contributed by atoms with Crippen LogP contribution in [0.3, 0.4) is 0 Å². The summed E-state index contributed by atoms with van der Waals surface area (Å²) >= 11 is 0. The van der Waals surface area contributed by atoms with Gasteiger partial charge in [0.2, 0.25) is 0 Å². The number of ether oxygens (including phenoxy) is 1. The lowest BCUT2D eigenvalue weighted by Crippen LogP contribution is -2.31. The molecule has 2 N–H and O–H groups in total. The topological polar surface area (TPSA) is 33.3 Å². The largest absolute Gasteiger partial charge is 0.496 e. The van der Waals surface area contributed by atoms with Crippen LogP contribution in [0, 0.1) is 0 Å². The third-order valence-corrected chi connectivity index (χ3v) is 4.45. The van der Waals surface area contributed by atoms with Crippen molar-refractivity contribution in [1.29, 1.82) is 0 Å². The Kier molecular flexibility index (Phi) is 6.82. The smallest absolute Gasteiger partial charge is 0.123 e. The molecule has 0 fully saturated rings. The molecule has 0 spiro atoms. The summed E-state index contributed by atoms with van der Waals surface area (Å²) in [6.07, 6.45) is 0. The zero-order valence-electron chi connectivity index (χ0n) is 15.2. The minimum Gasteiger partial charge on any atom is -0.496 e. The van der Waals surface area contributed by atoms with Gasteiger partial charge in [-0.3, -0.25) is 0 Å². The fourth-order valence-electron chi connectivity index (χ4n) is 3.03. The van der Waals surface area contributed by atoms with Gasteiger partial charge < -0.3 is 15.4 Å². The second kappa shape index (κ2) is 9.76. The van der Waals surface area contributed by atoms with Crippen molar-refractivity contribution < 1.29 is 4.74 Å². The average molecular weight is 346 g/mol. The van der Waals surface area contributed by atoms with Crippen molar-refractivity contribution in [3.8, 4) is 5.75 Å². The zero-order valence-corrected chi connectivity index (χ0v) is 15.2. The highest BCUT2D eigenvalue weighted by molar-refractivity contribution is 5.33. The monoisotopic (exact) mass is 346 g/mol. The molecule has 3 rings (SSSR count). The van der Waals surface area contributed by atoms with Crippen molar-refractivity contribution >= 4 is 0 Å². The van der Waals surface area contributed by atoms with E-state index in [4.69, 9.17) is 4.74 Å². The third kappa shape index (κ3) is 5.19. The summed E-state index contributed by atoms with van der Waals surface area (Å²) in [5.74, 6) is 0.925. The predicted octanol–water partition coefficient (Wildman–Crippen LogP) is 4.32. The van der Waals surface area contributed by atoms with E-state index in [9.17, 15) is 0 Å². The van der Waals surface area contributed by atoms with E-state index in [1.807, 2.05) is 24.3 Å². The van der Waals surface area contributed by atoms with E-state index >= 15 is 0 Å². The number of hydrogen-bond donors (Lipinski definition) is 2. The van der Waals surface area contributed by atoms with E-state index in [1.165, 1.54) is 16.7 Å². The number of methoxy groups -OCH3 is 1. The normalized spacial score (nSPS) is 11.9. The van der Waals surface area contributed by atoms with Crippen LogP contribution in [0.1, 0.15) is 22.7 Å². The summed E-state index contributed by atoms with van der Waals surface area (Å²) < 4.78 is 5.44. The van der Waals surface area contributed by atoms with Gasteiger partial charge in [0.05, 0.1) is 7.11 Å². The molecule has 134 valence electrons. The summed E-state index contributed by atoms with van der Waals surface area (Å²) in [5, 5.41) is 7.24. The van der Waals surface area contributed by atoms with Crippen LogP contribution < -0.4 is 15.4 Å². The van der Waals surface area contributed by atoms with Crippen molar-refractivity contribution in [3.05, 3.63) is 102 Å². The van der Waals surface area contributed by atoms with Crippen molar-refractivity contribution in [2.75, 3.05) is 13.7 Å². The Hall–Kier alpha value is -2.62. The first kappa shape index (κ1) is 18.2. The summed E-state index contributed by atoms with van der Waals surface area (Å²) in [7, 11) is 1.72. The Morgan fingerprint density at radius 1 is 0.769 bits per heavy atom. The fourth-order valence-corrected chi connectivity index (χ4v) is 3.03. The summed E-state index contributed by atoms with van der Waals surface area (Å²) in [6.45, 7) is 2.46. The quantitative estimate of drug-likeness (QED) is 0.605.